The first-order chi connectivity index (χ1) is 20.4. The Hall–Kier alpha value is -2.89. The number of nitrogens with zero attached hydrogens (tertiary/aromatic N) is 1. The zero-order valence-electron chi connectivity index (χ0n) is 24.3. The lowest BCUT2D eigenvalue weighted by Crippen LogP contribution is -2.50. The predicted molar refractivity (Wildman–Crippen MR) is 167 cm³/mol. The summed E-state index contributed by atoms with van der Waals surface area (Å²) in [5.41, 5.74) is 2.70. The second-order valence-corrected chi connectivity index (χ2v) is 13.3. The van der Waals surface area contributed by atoms with Gasteiger partial charge in [-0.15, -0.1) is 11.3 Å². The zero-order chi connectivity index (χ0) is 29.2. The summed E-state index contributed by atoms with van der Waals surface area (Å²) < 4.78 is 16.8. The number of anilines is 1. The van der Waals surface area contributed by atoms with E-state index in [0.717, 1.165) is 54.7 Å². The van der Waals surface area contributed by atoms with Crippen molar-refractivity contribution in [1.29, 1.82) is 0 Å². The van der Waals surface area contributed by atoms with Crippen molar-refractivity contribution in [3.05, 3.63) is 39.8 Å². The van der Waals surface area contributed by atoms with Crippen LogP contribution >= 0.6 is 23.6 Å². The number of hydrogen-bond acceptors (Lipinski definition) is 7. The maximum atomic E-state index is 13.5. The maximum Gasteiger partial charge on any atom is 0.254 e. The highest BCUT2D eigenvalue weighted by Crippen LogP contribution is 2.40. The fraction of sp³-hybridized carbons (Fsp3) is 0.581. The quantitative estimate of drug-likeness (QED) is 0.324. The molecule has 11 heteroatoms. The molecule has 0 spiro atoms. The molecule has 0 radical (unpaired) electrons. The summed E-state index contributed by atoms with van der Waals surface area (Å²) in [6.07, 6.45) is 7.49. The van der Waals surface area contributed by atoms with E-state index in [0.29, 0.717) is 54.3 Å². The number of aryl methyl sites for hydroxylation is 1. The minimum atomic E-state index is -0.0787. The molecule has 6 rings (SSSR count). The third kappa shape index (κ3) is 6.68. The SMILES string of the molecule is COc1ccc(CN(C(=S)N[C@@H]2CCc3sc(NC(=O)C4CC4)c(C(=O)NCC4CC4)c3C2)C2CCOC2)c(OC)c1. The van der Waals surface area contributed by atoms with Crippen LogP contribution in [0.15, 0.2) is 18.2 Å². The lowest BCUT2D eigenvalue weighted by atomic mass is 9.91. The molecule has 0 bridgehead atoms. The largest absolute Gasteiger partial charge is 0.497 e. The van der Waals surface area contributed by atoms with Gasteiger partial charge in [-0.3, -0.25) is 9.59 Å². The zero-order valence-corrected chi connectivity index (χ0v) is 26.0. The lowest BCUT2D eigenvalue weighted by molar-refractivity contribution is -0.117. The maximum absolute atomic E-state index is 13.5. The van der Waals surface area contributed by atoms with Gasteiger partial charge in [0, 0.05) is 48.2 Å². The van der Waals surface area contributed by atoms with Crippen LogP contribution in [0.4, 0.5) is 5.00 Å². The molecule has 3 aliphatic carbocycles. The first-order valence-corrected chi connectivity index (χ1v) is 16.2. The second-order valence-electron chi connectivity index (χ2n) is 11.8. The number of carbonyl (C=O) groups is 2. The Balaban J connectivity index is 1.19. The molecule has 3 N–H and O–H groups in total. The molecule has 3 fully saturated rings. The number of methoxy groups -OCH3 is 2. The molecule has 1 aliphatic heterocycles. The van der Waals surface area contributed by atoms with Crippen molar-refractivity contribution >= 4 is 45.5 Å². The van der Waals surface area contributed by atoms with Gasteiger partial charge in [-0.1, -0.05) is 0 Å². The number of amides is 2. The lowest BCUT2D eigenvalue weighted by Gasteiger charge is -2.34. The van der Waals surface area contributed by atoms with Gasteiger partial charge < -0.3 is 35.1 Å². The molecule has 4 aliphatic rings. The van der Waals surface area contributed by atoms with Gasteiger partial charge in [-0.25, -0.2) is 0 Å². The summed E-state index contributed by atoms with van der Waals surface area (Å²) in [5, 5.41) is 11.3. The highest BCUT2D eigenvalue weighted by molar-refractivity contribution is 7.80. The van der Waals surface area contributed by atoms with Crippen LogP contribution in [-0.2, 0) is 28.9 Å². The predicted octanol–water partition coefficient (Wildman–Crippen LogP) is 4.28. The van der Waals surface area contributed by atoms with Crippen molar-refractivity contribution < 1.29 is 23.8 Å². The van der Waals surface area contributed by atoms with Gasteiger partial charge in [-0.05, 0) is 87.2 Å². The first kappa shape index (κ1) is 29.2. The fourth-order valence-corrected chi connectivity index (χ4v) is 7.43. The fourth-order valence-electron chi connectivity index (χ4n) is 5.80. The first-order valence-electron chi connectivity index (χ1n) is 15.0. The van der Waals surface area contributed by atoms with Crippen molar-refractivity contribution in [3.63, 3.8) is 0 Å². The van der Waals surface area contributed by atoms with Gasteiger partial charge in [0.25, 0.3) is 5.91 Å². The number of hydrogen-bond donors (Lipinski definition) is 3. The Bertz CT molecular complexity index is 1330. The Kier molecular flexibility index (Phi) is 8.88. The molecule has 2 atom stereocenters. The van der Waals surface area contributed by atoms with Crippen molar-refractivity contribution in [1.82, 2.24) is 15.5 Å². The van der Waals surface area contributed by atoms with Gasteiger partial charge in [0.05, 0.1) is 32.4 Å². The van der Waals surface area contributed by atoms with E-state index in [2.05, 4.69) is 20.9 Å². The molecule has 9 nitrogen and oxygen atoms in total. The number of thiophene rings is 1. The van der Waals surface area contributed by atoms with Gasteiger partial charge in [-0.2, -0.15) is 0 Å². The van der Waals surface area contributed by atoms with Gasteiger partial charge in [0.2, 0.25) is 5.91 Å². The van der Waals surface area contributed by atoms with Crippen LogP contribution in [0, 0.1) is 11.8 Å². The summed E-state index contributed by atoms with van der Waals surface area (Å²) in [5.74, 6) is 2.10. The molecule has 1 saturated heterocycles. The van der Waals surface area contributed by atoms with Crippen molar-refractivity contribution in [2.75, 3.05) is 39.3 Å². The highest BCUT2D eigenvalue weighted by atomic mass is 32.1. The van der Waals surface area contributed by atoms with Crippen molar-refractivity contribution in [2.24, 2.45) is 11.8 Å². The number of rotatable bonds is 11. The van der Waals surface area contributed by atoms with Crippen LogP contribution in [0.5, 0.6) is 11.5 Å². The van der Waals surface area contributed by atoms with Crippen LogP contribution in [0.25, 0.3) is 0 Å². The van der Waals surface area contributed by atoms with Crippen LogP contribution in [-0.4, -0.2) is 67.9 Å². The Morgan fingerprint density at radius 2 is 1.95 bits per heavy atom. The number of ether oxygens (including phenoxy) is 3. The smallest absolute Gasteiger partial charge is 0.254 e. The van der Waals surface area contributed by atoms with Crippen LogP contribution in [0.2, 0.25) is 0 Å². The van der Waals surface area contributed by atoms with Gasteiger partial charge in [0.15, 0.2) is 5.11 Å². The van der Waals surface area contributed by atoms with E-state index in [1.54, 1.807) is 25.6 Å². The van der Waals surface area contributed by atoms with Crippen molar-refractivity contribution in [2.45, 2.75) is 70.0 Å². The average molecular weight is 613 g/mol. The Morgan fingerprint density at radius 1 is 1.12 bits per heavy atom. The van der Waals surface area contributed by atoms with Crippen molar-refractivity contribution in [3.8, 4) is 11.5 Å². The van der Waals surface area contributed by atoms with Gasteiger partial charge in [0.1, 0.15) is 16.5 Å². The van der Waals surface area contributed by atoms with E-state index < -0.39 is 0 Å². The molecule has 2 saturated carbocycles. The molecule has 1 aromatic heterocycles. The van der Waals surface area contributed by atoms with E-state index in [9.17, 15) is 9.59 Å². The number of carbonyl (C=O) groups excluding carboxylic acids is 2. The molecular weight excluding hydrogens is 572 g/mol. The van der Waals surface area contributed by atoms with E-state index in [1.165, 1.54) is 17.7 Å². The summed E-state index contributed by atoms with van der Waals surface area (Å²) in [4.78, 5) is 29.6. The minimum Gasteiger partial charge on any atom is -0.497 e. The van der Waals surface area contributed by atoms with Gasteiger partial charge >= 0.3 is 0 Å². The third-order valence-corrected chi connectivity index (χ3v) is 10.3. The minimum absolute atomic E-state index is 0.0316. The summed E-state index contributed by atoms with van der Waals surface area (Å²) in [6, 6.07) is 6.08. The van der Waals surface area contributed by atoms with E-state index in [-0.39, 0.29) is 29.8 Å². The summed E-state index contributed by atoms with van der Waals surface area (Å²) in [7, 11) is 3.31. The topological polar surface area (TPSA) is 101 Å². The molecule has 2 aromatic rings. The Labute approximate surface area is 256 Å². The molecule has 1 aromatic carbocycles. The number of benzene rings is 1. The summed E-state index contributed by atoms with van der Waals surface area (Å²) >= 11 is 7.60. The summed E-state index contributed by atoms with van der Waals surface area (Å²) in [6.45, 7) is 2.60. The molecule has 42 heavy (non-hydrogen) atoms. The highest BCUT2D eigenvalue weighted by Gasteiger charge is 2.35. The van der Waals surface area contributed by atoms with E-state index >= 15 is 0 Å². The standard InChI is InChI=1S/C31H40N4O5S2/c1-38-23-9-7-20(25(14-23)39-2)16-35(22-11-12-40-17-22)31(41)33-21-8-10-26-24(13-21)27(29(37)32-15-18-3-4-18)30(42-26)34-28(36)19-5-6-19/h7,9,14,18-19,21-22H,3-6,8,10-13,15-17H2,1-2H3,(H,32,37)(H,33,41)(H,34,36)/t21-,22?/m1/s1. The molecular formula is C31H40N4O5S2. The third-order valence-electron chi connectivity index (χ3n) is 8.69. The number of fused-ring (bicyclic) bond motifs is 1. The number of nitrogens with one attached hydrogen (secondary N) is 3. The number of thiocarbonyl (C=S) groups is 1. The monoisotopic (exact) mass is 612 g/mol. The van der Waals surface area contributed by atoms with Crippen LogP contribution < -0.4 is 25.4 Å². The molecule has 2 heterocycles. The second kappa shape index (κ2) is 12.8. The molecule has 1 unspecified atom stereocenters. The molecule has 226 valence electrons. The Morgan fingerprint density at radius 3 is 2.64 bits per heavy atom. The normalized spacial score (nSPS) is 21.3. The van der Waals surface area contributed by atoms with E-state index in [4.69, 9.17) is 26.4 Å². The van der Waals surface area contributed by atoms with Crippen LogP contribution in [0.3, 0.4) is 0 Å². The van der Waals surface area contributed by atoms with E-state index in [1.807, 2.05) is 18.2 Å². The molecule has 2 amide bonds. The van der Waals surface area contributed by atoms with Crippen LogP contribution in [0.1, 0.15) is 64.9 Å². The average Bonchev–Trinajstić information content (AvgIpc) is 3.93.